The number of fused-ring (bicyclic) bond motifs is 1. The minimum Gasteiger partial charge on any atom is -0.377 e. The number of rotatable bonds is 6. The lowest BCUT2D eigenvalue weighted by molar-refractivity contribution is 0.0334. The zero-order valence-electron chi connectivity index (χ0n) is 11.9. The molecule has 3 nitrogen and oxygen atoms in total. The summed E-state index contributed by atoms with van der Waals surface area (Å²) in [6.45, 7) is 4.94. The number of benzene rings is 1. The first kappa shape index (κ1) is 14.0. The molecule has 0 aliphatic rings. The molecule has 1 aromatic heterocycles. The molecule has 0 bridgehead atoms. The van der Waals surface area contributed by atoms with E-state index in [1.165, 1.54) is 10.9 Å². The van der Waals surface area contributed by atoms with Crippen LogP contribution in [0.2, 0.25) is 0 Å². The van der Waals surface area contributed by atoms with Gasteiger partial charge in [0.2, 0.25) is 0 Å². The van der Waals surface area contributed by atoms with Gasteiger partial charge in [-0.2, -0.15) is 0 Å². The van der Waals surface area contributed by atoms with Gasteiger partial charge in [0.05, 0.1) is 17.7 Å². The Balaban J connectivity index is 2.34. The highest BCUT2D eigenvalue weighted by molar-refractivity contribution is 5.79. The Morgan fingerprint density at radius 3 is 2.79 bits per heavy atom. The molecule has 0 spiro atoms. The van der Waals surface area contributed by atoms with Crippen molar-refractivity contribution >= 4 is 10.9 Å². The second kappa shape index (κ2) is 6.64. The van der Waals surface area contributed by atoms with Gasteiger partial charge in [0.1, 0.15) is 0 Å². The van der Waals surface area contributed by atoms with Gasteiger partial charge in [-0.05, 0) is 44.2 Å². The largest absolute Gasteiger partial charge is 0.377 e. The SMILES string of the molecule is CCOC(CC)C(NC)c1ccc2ncccc2c1. The van der Waals surface area contributed by atoms with Crippen molar-refractivity contribution in [1.82, 2.24) is 10.3 Å². The Kier molecular flexibility index (Phi) is 4.88. The summed E-state index contributed by atoms with van der Waals surface area (Å²) in [5.41, 5.74) is 2.29. The van der Waals surface area contributed by atoms with Crippen LogP contribution in [0.5, 0.6) is 0 Å². The number of ether oxygens (including phenoxy) is 1. The van der Waals surface area contributed by atoms with E-state index in [9.17, 15) is 0 Å². The third kappa shape index (κ3) is 3.11. The van der Waals surface area contributed by atoms with Crippen LogP contribution in [0.15, 0.2) is 36.5 Å². The predicted molar refractivity (Wildman–Crippen MR) is 79.2 cm³/mol. The summed E-state index contributed by atoms with van der Waals surface area (Å²) in [5.74, 6) is 0. The first-order valence-corrected chi connectivity index (χ1v) is 6.93. The maximum atomic E-state index is 5.83. The lowest BCUT2D eigenvalue weighted by atomic mass is 9.98. The van der Waals surface area contributed by atoms with E-state index >= 15 is 0 Å². The smallest absolute Gasteiger partial charge is 0.0766 e. The van der Waals surface area contributed by atoms with Crippen molar-refractivity contribution in [3.8, 4) is 0 Å². The van der Waals surface area contributed by atoms with Crippen molar-refractivity contribution in [3.05, 3.63) is 42.1 Å². The Morgan fingerprint density at radius 2 is 2.11 bits per heavy atom. The Hall–Kier alpha value is -1.45. The molecular formula is C16H22N2O. The van der Waals surface area contributed by atoms with Crippen molar-refractivity contribution < 1.29 is 4.74 Å². The molecule has 1 N–H and O–H groups in total. The van der Waals surface area contributed by atoms with E-state index in [0.29, 0.717) is 0 Å². The van der Waals surface area contributed by atoms with Gasteiger partial charge in [0.25, 0.3) is 0 Å². The molecule has 1 aromatic carbocycles. The lowest BCUT2D eigenvalue weighted by Crippen LogP contribution is -2.31. The molecule has 102 valence electrons. The number of likely N-dealkylation sites (N-methyl/N-ethyl adjacent to an activating group) is 1. The number of hydrogen-bond acceptors (Lipinski definition) is 3. The van der Waals surface area contributed by atoms with E-state index in [2.05, 4.69) is 41.5 Å². The van der Waals surface area contributed by atoms with Crippen LogP contribution in [0.4, 0.5) is 0 Å². The molecule has 0 saturated carbocycles. The van der Waals surface area contributed by atoms with E-state index in [0.717, 1.165) is 18.5 Å². The van der Waals surface area contributed by atoms with E-state index < -0.39 is 0 Å². The number of aromatic nitrogens is 1. The number of nitrogens with zero attached hydrogens (tertiary/aromatic N) is 1. The summed E-state index contributed by atoms with van der Waals surface area (Å²) in [5, 5.41) is 4.55. The lowest BCUT2D eigenvalue weighted by Gasteiger charge is -2.26. The molecule has 1 heterocycles. The minimum absolute atomic E-state index is 0.198. The van der Waals surface area contributed by atoms with Crippen LogP contribution in [-0.2, 0) is 4.74 Å². The fourth-order valence-electron chi connectivity index (χ4n) is 2.52. The second-order valence-electron chi connectivity index (χ2n) is 4.62. The molecule has 3 heteroatoms. The highest BCUT2D eigenvalue weighted by atomic mass is 16.5. The van der Waals surface area contributed by atoms with Crippen molar-refractivity contribution in [2.45, 2.75) is 32.4 Å². The number of nitrogens with one attached hydrogen (secondary N) is 1. The van der Waals surface area contributed by atoms with Gasteiger partial charge in [-0.25, -0.2) is 0 Å². The van der Waals surface area contributed by atoms with Crippen molar-refractivity contribution in [3.63, 3.8) is 0 Å². The molecule has 0 aliphatic carbocycles. The molecular weight excluding hydrogens is 236 g/mol. The summed E-state index contributed by atoms with van der Waals surface area (Å²) >= 11 is 0. The summed E-state index contributed by atoms with van der Waals surface area (Å²) < 4.78 is 5.83. The van der Waals surface area contributed by atoms with E-state index in [1.807, 2.05) is 26.2 Å². The van der Waals surface area contributed by atoms with Gasteiger partial charge in [0, 0.05) is 18.2 Å². The highest BCUT2D eigenvalue weighted by Crippen LogP contribution is 2.24. The fraction of sp³-hybridized carbons (Fsp3) is 0.438. The van der Waals surface area contributed by atoms with Crippen molar-refractivity contribution in [2.75, 3.05) is 13.7 Å². The molecule has 0 fully saturated rings. The maximum absolute atomic E-state index is 5.83. The van der Waals surface area contributed by atoms with E-state index in [4.69, 9.17) is 4.74 Å². The molecule has 0 amide bonds. The first-order valence-electron chi connectivity index (χ1n) is 6.93. The van der Waals surface area contributed by atoms with Crippen LogP contribution in [0.25, 0.3) is 10.9 Å². The van der Waals surface area contributed by atoms with E-state index in [-0.39, 0.29) is 12.1 Å². The maximum Gasteiger partial charge on any atom is 0.0766 e. The summed E-state index contributed by atoms with van der Waals surface area (Å²) in [7, 11) is 1.99. The van der Waals surface area contributed by atoms with Crippen LogP contribution < -0.4 is 5.32 Å². The van der Waals surface area contributed by atoms with Crippen LogP contribution in [0.3, 0.4) is 0 Å². The van der Waals surface area contributed by atoms with Crippen LogP contribution in [-0.4, -0.2) is 24.7 Å². The Bertz CT molecular complexity index is 527. The Labute approximate surface area is 115 Å². The highest BCUT2D eigenvalue weighted by Gasteiger charge is 2.20. The van der Waals surface area contributed by atoms with Gasteiger partial charge in [-0.1, -0.05) is 19.1 Å². The van der Waals surface area contributed by atoms with Crippen molar-refractivity contribution in [2.24, 2.45) is 0 Å². The molecule has 2 atom stereocenters. The van der Waals surface area contributed by atoms with Crippen LogP contribution >= 0.6 is 0 Å². The Morgan fingerprint density at radius 1 is 1.26 bits per heavy atom. The standard InChI is InChI=1S/C16H22N2O/c1-4-15(19-5-2)16(17-3)13-8-9-14-12(11-13)7-6-10-18-14/h6-11,15-17H,4-5H2,1-3H3. The predicted octanol–water partition coefficient (Wildman–Crippen LogP) is 3.31. The average Bonchev–Trinajstić information content (AvgIpc) is 2.47. The molecule has 2 rings (SSSR count). The molecule has 0 aliphatic heterocycles. The van der Waals surface area contributed by atoms with Gasteiger partial charge in [0.15, 0.2) is 0 Å². The summed E-state index contributed by atoms with van der Waals surface area (Å²) in [6.07, 6.45) is 3.01. The summed E-state index contributed by atoms with van der Waals surface area (Å²) in [4.78, 5) is 4.36. The van der Waals surface area contributed by atoms with Gasteiger partial charge in [-0.3, -0.25) is 4.98 Å². The second-order valence-corrected chi connectivity index (χ2v) is 4.62. The number of hydrogen-bond donors (Lipinski definition) is 1. The van der Waals surface area contributed by atoms with Crippen molar-refractivity contribution in [1.29, 1.82) is 0 Å². The molecule has 2 aromatic rings. The van der Waals surface area contributed by atoms with Gasteiger partial charge < -0.3 is 10.1 Å². The first-order chi connectivity index (χ1) is 9.30. The van der Waals surface area contributed by atoms with Gasteiger partial charge in [-0.15, -0.1) is 0 Å². The van der Waals surface area contributed by atoms with E-state index in [1.54, 1.807) is 0 Å². The molecule has 0 radical (unpaired) electrons. The minimum atomic E-state index is 0.198. The third-order valence-corrected chi connectivity index (χ3v) is 3.45. The normalized spacial score (nSPS) is 14.5. The molecule has 2 unspecified atom stereocenters. The number of pyridine rings is 1. The quantitative estimate of drug-likeness (QED) is 0.863. The fourth-order valence-corrected chi connectivity index (χ4v) is 2.52. The average molecular weight is 258 g/mol. The monoisotopic (exact) mass is 258 g/mol. The van der Waals surface area contributed by atoms with Crippen LogP contribution in [0.1, 0.15) is 31.9 Å². The van der Waals surface area contributed by atoms with Crippen LogP contribution in [0, 0.1) is 0 Å². The topological polar surface area (TPSA) is 34.1 Å². The third-order valence-electron chi connectivity index (χ3n) is 3.45. The zero-order valence-corrected chi connectivity index (χ0v) is 11.9. The molecule has 0 saturated heterocycles. The van der Waals surface area contributed by atoms with Gasteiger partial charge >= 0.3 is 0 Å². The zero-order chi connectivity index (χ0) is 13.7. The molecule has 19 heavy (non-hydrogen) atoms. The summed E-state index contributed by atoms with van der Waals surface area (Å²) in [6, 6.07) is 10.7.